The predicted molar refractivity (Wildman–Crippen MR) is 63.9 cm³/mol. The molecular weight excluding hydrogens is 277 g/mol. The van der Waals surface area contributed by atoms with Crippen LogP contribution in [0.25, 0.3) is 0 Å². The van der Waals surface area contributed by atoms with Crippen molar-refractivity contribution in [1.29, 1.82) is 0 Å². The van der Waals surface area contributed by atoms with Crippen LogP contribution in [0.15, 0.2) is 28.9 Å². The Morgan fingerprint density at radius 3 is 3.00 bits per heavy atom. The van der Waals surface area contributed by atoms with Crippen molar-refractivity contribution < 1.29 is 23.1 Å². The molecule has 0 bridgehead atoms. The molecule has 5 nitrogen and oxygen atoms in total. The van der Waals surface area contributed by atoms with Crippen LogP contribution in [0.2, 0.25) is 5.02 Å². The van der Waals surface area contributed by atoms with Gasteiger partial charge in [0.15, 0.2) is 5.69 Å². The van der Waals surface area contributed by atoms with E-state index in [9.17, 15) is 9.18 Å². The Morgan fingerprint density at radius 1 is 1.53 bits per heavy atom. The molecule has 0 unspecified atom stereocenters. The number of benzene rings is 1. The molecule has 0 N–H and O–H groups in total. The topological polar surface area (TPSA) is 61.6 Å². The molecule has 1 aromatic heterocycles. The van der Waals surface area contributed by atoms with E-state index in [1.807, 2.05) is 0 Å². The molecule has 0 aliphatic heterocycles. The first-order chi connectivity index (χ1) is 9.10. The fraction of sp³-hybridized carbons (Fsp3) is 0.167. The number of halogens is 2. The molecule has 1 aromatic carbocycles. The first-order valence-corrected chi connectivity index (χ1v) is 5.73. The molecule has 2 rings (SSSR count). The van der Waals surface area contributed by atoms with Crippen LogP contribution in [0.4, 0.5) is 4.39 Å². The molecule has 0 saturated heterocycles. The largest absolute Gasteiger partial charge is 0.461 e. The number of ether oxygens (including phenoxy) is 2. The number of nitrogens with zero attached hydrogens (tertiary/aromatic N) is 1. The fourth-order valence-electron chi connectivity index (χ4n) is 1.24. The Hall–Kier alpha value is -2.08. The number of rotatable bonds is 4. The van der Waals surface area contributed by atoms with E-state index < -0.39 is 11.8 Å². The minimum Gasteiger partial charge on any atom is -0.461 e. The zero-order valence-corrected chi connectivity index (χ0v) is 10.6. The van der Waals surface area contributed by atoms with E-state index in [-0.39, 0.29) is 29.1 Å². The SMILES string of the molecule is CCOC(=O)c1coc(Oc2ccc(F)c(Cl)c2)n1. The van der Waals surface area contributed by atoms with E-state index in [1.54, 1.807) is 6.92 Å². The minimum absolute atomic E-state index is 0.00920. The fourth-order valence-corrected chi connectivity index (χ4v) is 1.41. The number of hydrogen-bond acceptors (Lipinski definition) is 5. The van der Waals surface area contributed by atoms with Gasteiger partial charge in [-0.2, -0.15) is 4.98 Å². The number of carbonyl (C=O) groups excluding carboxylic acids is 1. The predicted octanol–water partition coefficient (Wildman–Crippen LogP) is 3.44. The highest BCUT2D eigenvalue weighted by atomic mass is 35.5. The van der Waals surface area contributed by atoms with Crippen molar-refractivity contribution in [3.05, 3.63) is 41.0 Å². The zero-order chi connectivity index (χ0) is 13.8. The minimum atomic E-state index is -0.613. The number of aromatic nitrogens is 1. The maximum absolute atomic E-state index is 12.9. The summed E-state index contributed by atoms with van der Waals surface area (Å²) in [6.07, 6.45) is 0.948. The smallest absolute Gasteiger partial charge is 0.399 e. The van der Waals surface area contributed by atoms with E-state index in [4.69, 9.17) is 25.5 Å². The highest BCUT2D eigenvalue weighted by Crippen LogP contribution is 2.25. The summed E-state index contributed by atoms with van der Waals surface area (Å²) in [6.45, 7) is 1.91. The summed E-state index contributed by atoms with van der Waals surface area (Å²) in [4.78, 5) is 15.1. The molecule has 100 valence electrons. The van der Waals surface area contributed by atoms with Gasteiger partial charge in [-0.15, -0.1) is 0 Å². The third-order valence-electron chi connectivity index (χ3n) is 2.06. The van der Waals surface area contributed by atoms with Gasteiger partial charge in [-0.25, -0.2) is 9.18 Å². The highest BCUT2D eigenvalue weighted by molar-refractivity contribution is 6.30. The second-order valence-electron chi connectivity index (χ2n) is 3.40. The van der Waals surface area contributed by atoms with Gasteiger partial charge in [-0.3, -0.25) is 0 Å². The molecule has 0 radical (unpaired) electrons. The lowest BCUT2D eigenvalue weighted by molar-refractivity contribution is 0.0519. The molecule has 0 amide bonds. The highest BCUT2D eigenvalue weighted by Gasteiger charge is 2.14. The van der Waals surface area contributed by atoms with Crippen molar-refractivity contribution in [3.63, 3.8) is 0 Å². The van der Waals surface area contributed by atoms with Gasteiger partial charge in [0.1, 0.15) is 17.8 Å². The Balaban J connectivity index is 2.11. The van der Waals surface area contributed by atoms with Gasteiger partial charge in [-0.1, -0.05) is 11.6 Å². The number of carbonyl (C=O) groups is 1. The Labute approximate surface area is 112 Å². The first kappa shape index (κ1) is 13.4. The second kappa shape index (κ2) is 5.71. The second-order valence-corrected chi connectivity index (χ2v) is 3.80. The van der Waals surface area contributed by atoms with Gasteiger partial charge in [-0.05, 0) is 19.1 Å². The van der Waals surface area contributed by atoms with Crippen molar-refractivity contribution in [2.45, 2.75) is 6.92 Å². The average Bonchev–Trinajstić information content (AvgIpc) is 2.83. The average molecular weight is 286 g/mol. The third kappa shape index (κ3) is 3.23. The van der Waals surface area contributed by atoms with Crippen LogP contribution < -0.4 is 4.74 Å². The summed E-state index contributed by atoms with van der Waals surface area (Å²) < 4.78 is 27.8. The molecule has 1 heterocycles. The lowest BCUT2D eigenvalue weighted by Crippen LogP contribution is -2.04. The molecule has 0 atom stereocenters. The summed E-state index contributed by atoms with van der Waals surface area (Å²) in [5.74, 6) is -0.935. The van der Waals surface area contributed by atoms with Crippen LogP contribution >= 0.6 is 11.6 Å². The maximum atomic E-state index is 12.9. The molecule has 0 spiro atoms. The van der Waals surface area contributed by atoms with E-state index in [2.05, 4.69) is 4.98 Å². The van der Waals surface area contributed by atoms with Crippen molar-refractivity contribution in [2.24, 2.45) is 0 Å². The van der Waals surface area contributed by atoms with Crippen LogP contribution in [-0.4, -0.2) is 17.6 Å². The van der Waals surface area contributed by atoms with Gasteiger partial charge in [0.25, 0.3) is 0 Å². The standard InChI is InChI=1S/C12H9ClFNO4/c1-2-17-11(16)10-6-18-12(15-10)19-7-3-4-9(14)8(13)5-7/h3-6H,2H2,1H3. The molecule has 7 heteroatoms. The quantitative estimate of drug-likeness (QED) is 0.805. The van der Waals surface area contributed by atoms with Gasteiger partial charge in [0, 0.05) is 6.07 Å². The van der Waals surface area contributed by atoms with Gasteiger partial charge >= 0.3 is 12.0 Å². The Kier molecular flexibility index (Phi) is 4.01. The Morgan fingerprint density at radius 2 is 2.32 bits per heavy atom. The number of hydrogen-bond donors (Lipinski definition) is 0. The van der Waals surface area contributed by atoms with Crippen molar-refractivity contribution in [3.8, 4) is 11.8 Å². The number of oxazole rings is 1. The van der Waals surface area contributed by atoms with Crippen LogP contribution in [0.3, 0.4) is 0 Å². The molecule has 0 aliphatic carbocycles. The first-order valence-electron chi connectivity index (χ1n) is 5.35. The summed E-state index contributed by atoms with van der Waals surface area (Å²) in [6, 6.07) is 3.77. The zero-order valence-electron chi connectivity index (χ0n) is 9.85. The maximum Gasteiger partial charge on any atom is 0.399 e. The monoisotopic (exact) mass is 285 g/mol. The van der Waals surface area contributed by atoms with E-state index >= 15 is 0 Å². The Bertz CT molecular complexity index is 599. The normalized spacial score (nSPS) is 10.3. The van der Waals surface area contributed by atoms with E-state index in [0.29, 0.717) is 0 Å². The van der Waals surface area contributed by atoms with Crippen LogP contribution in [0.1, 0.15) is 17.4 Å². The van der Waals surface area contributed by atoms with Crippen LogP contribution in [0.5, 0.6) is 11.8 Å². The van der Waals surface area contributed by atoms with Gasteiger partial charge in [0.2, 0.25) is 0 Å². The summed E-state index contributed by atoms with van der Waals surface area (Å²) in [5, 5.41) is -0.0883. The molecule has 2 aromatic rings. The van der Waals surface area contributed by atoms with Crippen molar-refractivity contribution >= 4 is 17.6 Å². The third-order valence-corrected chi connectivity index (χ3v) is 2.35. The summed E-state index contributed by atoms with van der Waals surface area (Å²) in [5.41, 5.74) is -0.00920. The molecule has 19 heavy (non-hydrogen) atoms. The van der Waals surface area contributed by atoms with E-state index in [0.717, 1.165) is 12.3 Å². The van der Waals surface area contributed by atoms with Gasteiger partial charge in [0.05, 0.1) is 11.6 Å². The lowest BCUT2D eigenvalue weighted by atomic mass is 10.3. The lowest BCUT2D eigenvalue weighted by Gasteiger charge is -2.01. The van der Waals surface area contributed by atoms with Crippen molar-refractivity contribution in [1.82, 2.24) is 4.98 Å². The van der Waals surface area contributed by atoms with Crippen LogP contribution in [0, 0.1) is 5.82 Å². The molecule has 0 saturated carbocycles. The van der Waals surface area contributed by atoms with Gasteiger partial charge < -0.3 is 13.9 Å². The molecular formula is C12H9ClFNO4. The summed E-state index contributed by atoms with van der Waals surface area (Å²) in [7, 11) is 0. The molecule has 0 aliphatic rings. The van der Waals surface area contributed by atoms with Crippen molar-refractivity contribution in [2.75, 3.05) is 6.61 Å². The van der Waals surface area contributed by atoms with E-state index in [1.165, 1.54) is 12.1 Å². The summed E-state index contributed by atoms with van der Waals surface area (Å²) >= 11 is 5.60. The number of esters is 1. The van der Waals surface area contributed by atoms with Crippen LogP contribution in [-0.2, 0) is 4.74 Å². The molecule has 0 fully saturated rings.